The van der Waals surface area contributed by atoms with Crippen LogP contribution < -0.4 is 5.32 Å². The molecule has 0 bridgehead atoms. The highest BCUT2D eigenvalue weighted by Gasteiger charge is 2.40. The van der Waals surface area contributed by atoms with Gasteiger partial charge in [-0.25, -0.2) is 13.6 Å². The summed E-state index contributed by atoms with van der Waals surface area (Å²) in [6.07, 6.45) is 5.79. The summed E-state index contributed by atoms with van der Waals surface area (Å²) >= 11 is 0. The molecule has 1 aromatic rings. The largest absolute Gasteiger partial charge is 0.479 e. The second kappa shape index (κ2) is 4.01. The van der Waals surface area contributed by atoms with Crippen molar-refractivity contribution in [1.29, 1.82) is 0 Å². The lowest BCUT2D eigenvalue weighted by Gasteiger charge is -2.29. The minimum absolute atomic E-state index is 0.132. The topological polar surface area (TPSA) is 49.3 Å². The van der Waals surface area contributed by atoms with Crippen molar-refractivity contribution in [2.45, 2.75) is 5.54 Å². The maximum Gasteiger partial charge on any atom is 0.338 e. The first-order chi connectivity index (χ1) is 8.06. The van der Waals surface area contributed by atoms with Gasteiger partial charge in [-0.15, -0.1) is 0 Å². The van der Waals surface area contributed by atoms with Crippen LogP contribution in [0.25, 0.3) is 0 Å². The Hall–Kier alpha value is -2.17. The molecule has 2 N–H and O–H groups in total. The molecule has 0 spiro atoms. The first-order valence-electron chi connectivity index (χ1n) is 4.87. The van der Waals surface area contributed by atoms with Crippen LogP contribution in [0.2, 0.25) is 0 Å². The third-order valence-electron chi connectivity index (χ3n) is 2.56. The van der Waals surface area contributed by atoms with Crippen molar-refractivity contribution in [3.8, 4) is 0 Å². The second-order valence-electron chi connectivity index (χ2n) is 3.60. The molecular formula is C12H9F2NO2. The minimum Gasteiger partial charge on any atom is -0.479 e. The van der Waals surface area contributed by atoms with E-state index in [4.69, 9.17) is 0 Å². The average Bonchev–Trinajstić information content (AvgIpc) is 2.29. The molecule has 2 rings (SSSR count). The van der Waals surface area contributed by atoms with E-state index in [2.05, 4.69) is 5.32 Å². The standard InChI is InChI=1S/C12H9F2NO2/c13-8-3-4-9(10(14)7-8)12(11(16)17)5-1-2-6-15-12/h1-7,15H,(H,16,17). The zero-order valence-corrected chi connectivity index (χ0v) is 8.65. The van der Waals surface area contributed by atoms with E-state index in [1.807, 2.05) is 0 Å². The highest BCUT2D eigenvalue weighted by atomic mass is 19.1. The van der Waals surface area contributed by atoms with Gasteiger partial charge in [0.25, 0.3) is 0 Å². The number of carboxylic acid groups (broad SMARTS) is 1. The highest BCUT2D eigenvalue weighted by molar-refractivity contribution is 5.84. The molecule has 1 aliphatic heterocycles. The van der Waals surface area contributed by atoms with E-state index in [-0.39, 0.29) is 5.56 Å². The average molecular weight is 237 g/mol. The Morgan fingerprint density at radius 2 is 2.06 bits per heavy atom. The molecule has 1 unspecified atom stereocenters. The molecule has 1 aromatic carbocycles. The van der Waals surface area contributed by atoms with Crippen LogP contribution in [0, 0.1) is 11.6 Å². The lowest BCUT2D eigenvalue weighted by atomic mass is 9.88. The maximum absolute atomic E-state index is 13.6. The van der Waals surface area contributed by atoms with Gasteiger partial charge in [0.1, 0.15) is 11.6 Å². The lowest BCUT2D eigenvalue weighted by Crippen LogP contribution is -2.46. The van der Waals surface area contributed by atoms with E-state index in [9.17, 15) is 18.7 Å². The van der Waals surface area contributed by atoms with Crippen LogP contribution in [0.3, 0.4) is 0 Å². The summed E-state index contributed by atoms with van der Waals surface area (Å²) in [7, 11) is 0. The summed E-state index contributed by atoms with van der Waals surface area (Å²) in [5, 5.41) is 11.8. The number of nitrogens with one attached hydrogen (secondary N) is 1. The van der Waals surface area contributed by atoms with Crippen LogP contribution in [-0.4, -0.2) is 11.1 Å². The van der Waals surface area contributed by atoms with Gasteiger partial charge < -0.3 is 10.4 Å². The SMILES string of the molecule is O=C(O)C1(c2ccc(F)cc2F)C=CC=CN1. The molecule has 0 saturated carbocycles. The van der Waals surface area contributed by atoms with Crippen LogP contribution in [0.5, 0.6) is 0 Å². The van der Waals surface area contributed by atoms with Crippen molar-refractivity contribution >= 4 is 5.97 Å². The smallest absolute Gasteiger partial charge is 0.338 e. The predicted octanol–water partition coefficient (Wildman–Crippen LogP) is 1.92. The Morgan fingerprint density at radius 3 is 2.59 bits per heavy atom. The highest BCUT2D eigenvalue weighted by Crippen LogP contribution is 2.28. The number of hydrogen-bond donors (Lipinski definition) is 2. The molecule has 17 heavy (non-hydrogen) atoms. The van der Waals surface area contributed by atoms with Crippen molar-refractivity contribution < 1.29 is 18.7 Å². The van der Waals surface area contributed by atoms with E-state index in [0.717, 1.165) is 12.1 Å². The Balaban J connectivity index is 2.58. The van der Waals surface area contributed by atoms with Crippen LogP contribution in [-0.2, 0) is 10.3 Å². The van der Waals surface area contributed by atoms with Crippen LogP contribution in [0.1, 0.15) is 5.56 Å². The monoisotopic (exact) mass is 237 g/mol. The predicted molar refractivity (Wildman–Crippen MR) is 57.1 cm³/mol. The maximum atomic E-state index is 13.6. The van der Waals surface area contributed by atoms with E-state index in [0.29, 0.717) is 6.07 Å². The molecule has 0 fully saturated rings. The summed E-state index contributed by atoms with van der Waals surface area (Å²) in [5.41, 5.74) is -1.82. The summed E-state index contributed by atoms with van der Waals surface area (Å²) in [5.74, 6) is -2.91. The molecule has 1 aliphatic rings. The number of allylic oxidation sites excluding steroid dienone is 2. The Labute approximate surface area is 96.1 Å². The van der Waals surface area contributed by atoms with Crippen molar-refractivity contribution in [3.05, 3.63) is 59.8 Å². The van der Waals surface area contributed by atoms with Gasteiger partial charge in [-0.1, -0.05) is 6.08 Å². The molecule has 0 aliphatic carbocycles. The Morgan fingerprint density at radius 1 is 1.29 bits per heavy atom. The van der Waals surface area contributed by atoms with E-state index < -0.39 is 23.1 Å². The summed E-state index contributed by atoms with van der Waals surface area (Å²) < 4.78 is 26.4. The normalized spacial score (nSPS) is 22.2. The van der Waals surface area contributed by atoms with Crippen molar-refractivity contribution in [2.75, 3.05) is 0 Å². The first kappa shape index (κ1) is 11.3. The molecule has 88 valence electrons. The Kier molecular flexibility index (Phi) is 2.67. The van der Waals surface area contributed by atoms with Crippen LogP contribution in [0.4, 0.5) is 8.78 Å². The lowest BCUT2D eigenvalue weighted by molar-refractivity contribution is -0.142. The third kappa shape index (κ3) is 1.80. The number of rotatable bonds is 2. The quantitative estimate of drug-likeness (QED) is 0.826. The van der Waals surface area contributed by atoms with Gasteiger partial charge in [0.2, 0.25) is 0 Å². The first-order valence-corrected chi connectivity index (χ1v) is 4.87. The molecule has 1 heterocycles. The molecule has 0 aromatic heterocycles. The fourth-order valence-electron chi connectivity index (χ4n) is 1.71. The van der Waals surface area contributed by atoms with Gasteiger partial charge >= 0.3 is 5.97 Å². The number of hydrogen-bond acceptors (Lipinski definition) is 2. The number of halogens is 2. The van der Waals surface area contributed by atoms with Gasteiger partial charge in [0.05, 0.1) is 0 Å². The third-order valence-corrected chi connectivity index (χ3v) is 2.56. The number of carbonyl (C=O) groups is 1. The van der Waals surface area contributed by atoms with Gasteiger partial charge in [-0.3, -0.25) is 0 Å². The molecule has 0 amide bonds. The van der Waals surface area contributed by atoms with Gasteiger partial charge in [-0.05, 0) is 30.5 Å². The number of carboxylic acids is 1. The number of aliphatic carboxylic acids is 1. The number of dihydropyridines is 1. The van der Waals surface area contributed by atoms with E-state index in [1.165, 1.54) is 18.4 Å². The second-order valence-corrected chi connectivity index (χ2v) is 3.60. The molecule has 1 atom stereocenters. The fraction of sp³-hybridized carbons (Fsp3) is 0.0833. The van der Waals surface area contributed by atoms with E-state index >= 15 is 0 Å². The van der Waals surface area contributed by atoms with Crippen molar-refractivity contribution in [2.24, 2.45) is 0 Å². The van der Waals surface area contributed by atoms with Crippen molar-refractivity contribution in [1.82, 2.24) is 5.32 Å². The van der Waals surface area contributed by atoms with Gasteiger partial charge in [0.15, 0.2) is 5.54 Å². The van der Waals surface area contributed by atoms with Crippen molar-refractivity contribution in [3.63, 3.8) is 0 Å². The number of benzene rings is 1. The molecule has 5 heteroatoms. The summed E-state index contributed by atoms with van der Waals surface area (Å²) in [6.45, 7) is 0. The van der Waals surface area contributed by atoms with Crippen LogP contribution >= 0.6 is 0 Å². The molecule has 0 radical (unpaired) electrons. The molecule has 3 nitrogen and oxygen atoms in total. The Bertz CT molecular complexity index is 525. The summed E-state index contributed by atoms with van der Waals surface area (Å²) in [6, 6.07) is 2.81. The van der Waals surface area contributed by atoms with Crippen LogP contribution in [0.15, 0.2) is 42.6 Å². The minimum atomic E-state index is -1.69. The zero-order valence-electron chi connectivity index (χ0n) is 8.65. The van der Waals surface area contributed by atoms with E-state index in [1.54, 1.807) is 6.08 Å². The summed E-state index contributed by atoms with van der Waals surface area (Å²) in [4.78, 5) is 11.3. The van der Waals surface area contributed by atoms with Gasteiger partial charge in [-0.2, -0.15) is 0 Å². The molecule has 0 saturated heterocycles. The zero-order chi connectivity index (χ0) is 12.5. The van der Waals surface area contributed by atoms with Gasteiger partial charge in [0, 0.05) is 11.6 Å². The fourth-order valence-corrected chi connectivity index (χ4v) is 1.71. The molecular weight excluding hydrogens is 228 g/mol.